The van der Waals surface area contributed by atoms with Crippen LogP contribution in [0, 0.1) is 13.8 Å². The molecule has 0 radical (unpaired) electrons. The summed E-state index contributed by atoms with van der Waals surface area (Å²) >= 11 is 0. The molecule has 1 unspecified atom stereocenters. The number of aromatic nitrogens is 2. The average Bonchev–Trinajstić information content (AvgIpc) is 3.08. The van der Waals surface area contributed by atoms with E-state index >= 15 is 0 Å². The van der Waals surface area contributed by atoms with Crippen molar-refractivity contribution < 1.29 is 9.59 Å². The Balaban J connectivity index is 1.38. The van der Waals surface area contributed by atoms with Crippen molar-refractivity contribution in [3.05, 3.63) is 83.2 Å². The second kappa shape index (κ2) is 10.6. The molecule has 1 saturated heterocycles. The van der Waals surface area contributed by atoms with Crippen LogP contribution in [0.4, 0.5) is 5.69 Å². The topological polar surface area (TPSA) is 96.5 Å². The van der Waals surface area contributed by atoms with E-state index < -0.39 is 11.9 Å². The fraction of sp³-hybridized carbons (Fsp3) is 0.346. The Hall–Kier alpha value is -3.49. The first-order valence-corrected chi connectivity index (χ1v) is 11.6. The van der Waals surface area contributed by atoms with E-state index in [9.17, 15) is 9.59 Å². The predicted octanol–water partition coefficient (Wildman–Crippen LogP) is 2.16. The summed E-state index contributed by atoms with van der Waals surface area (Å²) in [7, 11) is 0. The molecule has 1 atom stereocenters. The normalized spacial score (nSPS) is 16.9. The van der Waals surface area contributed by atoms with E-state index in [4.69, 9.17) is 5.73 Å². The van der Waals surface area contributed by atoms with Crippen molar-refractivity contribution in [1.29, 1.82) is 0 Å². The molecular weight excluding hydrogens is 428 g/mol. The van der Waals surface area contributed by atoms with Crippen LogP contribution in [-0.2, 0) is 22.7 Å². The van der Waals surface area contributed by atoms with E-state index in [1.165, 1.54) is 5.56 Å². The summed E-state index contributed by atoms with van der Waals surface area (Å²) in [4.78, 5) is 29.2. The second-order valence-electron chi connectivity index (χ2n) is 8.85. The summed E-state index contributed by atoms with van der Waals surface area (Å²) in [5.41, 5.74) is 10.4. The number of nitrogens with one attached hydrogen (secondary N) is 1. The molecular formula is C26H32N6O2. The lowest BCUT2D eigenvalue weighted by atomic mass is 10.1. The summed E-state index contributed by atoms with van der Waals surface area (Å²) in [6.45, 7) is 7.20. The number of carbonyl (C=O) groups excluding carboxylic acids is 2. The van der Waals surface area contributed by atoms with E-state index in [2.05, 4.69) is 39.6 Å². The fourth-order valence-corrected chi connectivity index (χ4v) is 4.47. The Labute approximate surface area is 200 Å². The van der Waals surface area contributed by atoms with Crippen LogP contribution in [0.25, 0.3) is 0 Å². The highest BCUT2D eigenvalue weighted by Gasteiger charge is 2.32. The van der Waals surface area contributed by atoms with E-state index in [0.717, 1.165) is 35.7 Å². The molecule has 1 aliphatic heterocycles. The van der Waals surface area contributed by atoms with Crippen LogP contribution in [0.2, 0.25) is 0 Å². The molecule has 0 bridgehead atoms. The molecule has 3 aromatic rings. The van der Waals surface area contributed by atoms with Crippen molar-refractivity contribution in [3.63, 3.8) is 0 Å². The minimum Gasteiger partial charge on any atom is -0.368 e. The number of nitrogens with two attached hydrogens (primary N) is 1. The minimum atomic E-state index is -0.508. The number of hydrogen-bond donors (Lipinski definition) is 2. The smallest absolute Gasteiger partial charge is 0.238 e. The Morgan fingerprint density at radius 1 is 0.971 bits per heavy atom. The van der Waals surface area contributed by atoms with E-state index in [1.807, 2.05) is 59.8 Å². The van der Waals surface area contributed by atoms with Gasteiger partial charge in [0.2, 0.25) is 11.8 Å². The Morgan fingerprint density at radius 2 is 1.59 bits per heavy atom. The molecule has 4 rings (SSSR count). The van der Waals surface area contributed by atoms with Crippen LogP contribution in [-0.4, -0.2) is 63.6 Å². The molecule has 2 amide bonds. The van der Waals surface area contributed by atoms with Crippen LogP contribution >= 0.6 is 0 Å². The van der Waals surface area contributed by atoms with E-state index in [1.54, 1.807) is 0 Å². The zero-order valence-corrected chi connectivity index (χ0v) is 19.8. The first-order chi connectivity index (χ1) is 16.4. The van der Waals surface area contributed by atoms with Gasteiger partial charge in [0.15, 0.2) is 0 Å². The van der Waals surface area contributed by atoms with E-state index in [-0.39, 0.29) is 12.5 Å². The number of primary amides is 1. The van der Waals surface area contributed by atoms with Gasteiger partial charge in [-0.25, -0.2) is 0 Å². The molecule has 1 aromatic heterocycles. The van der Waals surface area contributed by atoms with Crippen LogP contribution < -0.4 is 11.1 Å². The first-order valence-electron chi connectivity index (χ1n) is 11.6. The van der Waals surface area contributed by atoms with Crippen molar-refractivity contribution in [3.8, 4) is 0 Å². The number of carbonyl (C=O) groups is 2. The lowest BCUT2D eigenvalue weighted by Gasteiger charge is -2.39. The summed E-state index contributed by atoms with van der Waals surface area (Å²) in [5, 5.41) is 7.62. The van der Waals surface area contributed by atoms with Gasteiger partial charge in [-0.3, -0.25) is 24.1 Å². The maximum absolute atomic E-state index is 12.9. The maximum Gasteiger partial charge on any atom is 0.238 e. The number of amides is 2. The highest BCUT2D eigenvalue weighted by atomic mass is 16.2. The Kier molecular flexibility index (Phi) is 7.40. The molecule has 8 heteroatoms. The number of piperazine rings is 1. The maximum atomic E-state index is 12.9. The molecule has 8 nitrogen and oxygen atoms in total. The molecule has 0 saturated carbocycles. The van der Waals surface area contributed by atoms with Gasteiger partial charge >= 0.3 is 0 Å². The van der Waals surface area contributed by atoms with Crippen molar-refractivity contribution in [2.75, 3.05) is 31.5 Å². The van der Waals surface area contributed by atoms with Gasteiger partial charge in [-0.1, -0.05) is 60.7 Å². The Bertz CT molecular complexity index is 1130. The van der Waals surface area contributed by atoms with Crippen LogP contribution in [0.3, 0.4) is 0 Å². The molecule has 1 aliphatic rings. The van der Waals surface area contributed by atoms with Gasteiger partial charge in [0.1, 0.15) is 6.04 Å². The number of benzene rings is 2. The molecule has 2 heterocycles. The summed E-state index contributed by atoms with van der Waals surface area (Å²) < 4.78 is 1.90. The van der Waals surface area contributed by atoms with Gasteiger partial charge in [0, 0.05) is 26.2 Å². The molecule has 178 valence electrons. The number of nitrogens with zero attached hydrogens (tertiary/aromatic N) is 4. The van der Waals surface area contributed by atoms with Crippen LogP contribution in [0.5, 0.6) is 0 Å². The van der Waals surface area contributed by atoms with Crippen molar-refractivity contribution in [2.45, 2.75) is 33.0 Å². The zero-order valence-electron chi connectivity index (χ0n) is 19.8. The Morgan fingerprint density at radius 3 is 2.21 bits per heavy atom. The van der Waals surface area contributed by atoms with Crippen molar-refractivity contribution >= 4 is 17.5 Å². The summed E-state index contributed by atoms with van der Waals surface area (Å²) in [5.74, 6) is -0.582. The van der Waals surface area contributed by atoms with Crippen molar-refractivity contribution in [2.24, 2.45) is 5.73 Å². The first kappa shape index (κ1) is 23.7. The molecule has 1 fully saturated rings. The van der Waals surface area contributed by atoms with Crippen LogP contribution in [0.1, 0.15) is 22.5 Å². The van der Waals surface area contributed by atoms with Crippen molar-refractivity contribution in [1.82, 2.24) is 19.6 Å². The summed E-state index contributed by atoms with van der Waals surface area (Å²) in [6, 6.07) is 19.7. The third-order valence-electron chi connectivity index (χ3n) is 6.32. The van der Waals surface area contributed by atoms with Gasteiger partial charge in [-0.15, -0.1) is 0 Å². The highest BCUT2D eigenvalue weighted by Crippen LogP contribution is 2.21. The number of hydrogen-bond acceptors (Lipinski definition) is 5. The number of rotatable bonds is 8. The van der Waals surface area contributed by atoms with Gasteiger partial charge in [-0.05, 0) is 25.0 Å². The SMILES string of the molecule is Cc1nn(Cc2ccccc2)c(C)c1NC(=O)CN1CCN(Cc2ccccc2)CC1C(N)=O. The lowest BCUT2D eigenvalue weighted by molar-refractivity contribution is -0.127. The van der Waals surface area contributed by atoms with Gasteiger partial charge in [-0.2, -0.15) is 5.10 Å². The lowest BCUT2D eigenvalue weighted by Crippen LogP contribution is -2.59. The van der Waals surface area contributed by atoms with Gasteiger partial charge in [0.25, 0.3) is 0 Å². The quantitative estimate of drug-likeness (QED) is 0.537. The number of anilines is 1. The monoisotopic (exact) mass is 460 g/mol. The highest BCUT2D eigenvalue weighted by molar-refractivity contribution is 5.94. The van der Waals surface area contributed by atoms with E-state index in [0.29, 0.717) is 19.6 Å². The third kappa shape index (κ3) is 5.70. The molecule has 34 heavy (non-hydrogen) atoms. The van der Waals surface area contributed by atoms with Gasteiger partial charge in [0.05, 0.1) is 30.2 Å². The third-order valence-corrected chi connectivity index (χ3v) is 6.32. The largest absolute Gasteiger partial charge is 0.368 e. The molecule has 3 N–H and O–H groups in total. The molecule has 0 spiro atoms. The van der Waals surface area contributed by atoms with Crippen LogP contribution in [0.15, 0.2) is 60.7 Å². The molecule has 2 aromatic carbocycles. The fourth-order valence-electron chi connectivity index (χ4n) is 4.47. The second-order valence-corrected chi connectivity index (χ2v) is 8.85. The predicted molar refractivity (Wildman–Crippen MR) is 132 cm³/mol. The standard InChI is InChI=1S/C26H32N6O2/c1-19-25(20(2)32(29-19)16-22-11-7-4-8-12-22)28-24(33)18-31-14-13-30(17-23(31)26(27)34)15-21-9-5-3-6-10-21/h3-12,23H,13-18H2,1-2H3,(H2,27,34)(H,28,33). The zero-order chi connectivity index (χ0) is 24.1. The average molecular weight is 461 g/mol. The minimum absolute atomic E-state index is 0.107. The summed E-state index contributed by atoms with van der Waals surface area (Å²) in [6.07, 6.45) is 0. The van der Waals surface area contributed by atoms with Gasteiger partial charge < -0.3 is 11.1 Å². The number of aryl methyl sites for hydroxylation is 1. The molecule has 0 aliphatic carbocycles.